The van der Waals surface area contributed by atoms with Crippen LogP contribution >= 0.6 is 0 Å². The highest BCUT2D eigenvalue weighted by Gasteiger charge is 2.23. The van der Waals surface area contributed by atoms with Crippen molar-refractivity contribution in [2.24, 2.45) is 11.8 Å². The zero-order valence-electron chi connectivity index (χ0n) is 11.4. The summed E-state index contributed by atoms with van der Waals surface area (Å²) in [7, 11) is 0. The third-order valence-electron chi connectivity index (χ3n) is 4.37. The molecule has 1 fully saturated rings. The van der Waals surface area contributed by atoms with Gasteiger partial charge in [-0.3, -0.25) is 0 Å². The van der Waals surface area contributed by atoms with Gasteiger partial charge in [-0.25, -0.2) is 0 Å². The molecule has 2 heteroatoms. The lowest BCUT2D eigenvalue weighted by Crippen LogP contribution is -2.35. The molecule has 0 bridgehead atoms. The highest BCUT2D eigenvalue weighted by Crippen LogP contribution is 2.29. The standard InChI is InChI=1S/C15H26N2/c1-4-17-8-7-14(11-17)10-16-15-6-5-12(2)13(3)9-15/h7-8,11-13,15-16H,4-6,9-10H2,1-3H3. The minimum Gasteiger partial charge on any atom is -0.354 e. The molecule has 0 amide bonds. The first-order valence-electron chi connectivity index (χ1n) is 7.07. The van der Waals surface area contributed by atoms with Crippen LogP contribution in [0.1, 0.15) is 45.6 Å². The Bertz CT molecular complexity index is 342. The summed E-state index contributed by atoms with van der Waals surface area (Å²) in [4.78, 5) is 0. The van der Waals surface area contributed by atoms with Gasteiger partial charge in [0.2, 0.25) is 0 Å². The van der Waals surface area contributed by atoms with Crippen LogP contribution in [0.3, 0.4) is 0 Å². The first kappa shape index (κ1) is 12.7. The van der Waals surface area contributed by atoms with Gasteiger partial charge in [-0.05, 0) is 49.7 Å². The van der Waals surface area contributed by atoms with Gasteiger partial charge in [0.25, 0.3) is 0 Å². The van der Waals surface area contributed by atoms with E-state index < -0.39 is 0 Å². The van der Waals surface area contributed by atoms with Crippen LogP contribution < -0.4 is 5.32 Å². The average Bonchev–Trinajstić information content (AvgIpc) is 2.79. The summed E-state index contributed by atoms with van der Waals surface area (Å²) in [6.45, 7) is 9.06. The van der Waals surface area contributed by atoms with Crippen LogP contribution in [0.2, 0.25) is 0 Å². The van der Waals surface area contributed by atoms with E-state index in [-0.39, 0.29) is 0 Å². The summed E-state index contributed by atoms with van der Waals surface area (Å²) < 4.78 is 2.24. The molecule has 0 spiro atoms. The van der Waals surface area contributed by atoms with Gasteiger partial charge in [0.15, 0.2) is 0 Å². The Hall–Kier alpha value is -0.760. The summed E-state index contributed by atoms with van der Waals surface area (Å²) >= 11 is 0. The van der Waals surface area contributed by atoms with Crippen molar-refractivity contribution in [2.45, 2.75) is 59.2 Å². The highest BCUT2D eigenvalue weighted by atomic mass is 14.9. The van der Waals surface area contributed by atoms with Gasteiger partial charge in [0.1, 0.15) is 0 Å². The molecular formula is C15H26N2. The second kappa shape index (κ2) is 5.72. The van der Waals surface area contributed by atoms with Crippen molar-refractivity contribution in [1.29, 1.82) is 0 Å². The number of rotatable bonds is 4. The Labute approximate surface area is 105 Å². The Morgan fingerprint density at radius 1 is 1.29 bits per heavy atom. The van der Waals surface area contributed by atoms with Crippen molar-refractivity contribution in [3.63, 3.8) is 0 Å². The Kier molecular flexibility index (Phi) is 4.27. The van der Waals surface area contributed by atoms with E-state index in [4.69, 9.17) is 0 Å². The zero-order valence-corrected chi connectivity index (χ0v) is 11.4. The number of nitrogens with zero attached hydrogens (tertiary/aromatic N) is 1. The van der Waals surface area contributed by atoms with Crippen LogP contribution in [0.5, 0.6) is 0 Å². The van der Waals surface area contributed by atoms with Crippen molar-refractivity contribution in [3.05, 3.63) is 24.0 Å². The van der Waals surface area contributed by atoms with E-state index in [1.54, 1.807) is 0 Å². The van der Waals surface area contributed by atoms with Crippen molar-refractivity contribution in [1.82, 2.24) is 9.88 Å². The predicted octanol–water partition coefficient (Wildman–Crippen LogP) is 3.42. The normalized spacial score (nSPS) is 29.5. The van der Waals surface area contributed by atoms with E-state index in [1.807, 2.05) is 0 Å². The highest BCUT2D eigenvalue weighted by molar-refractivity contribution is 5.10. The van der Waals surface area contributed by atoms with Gasteiger partial charge < -0.3 is 9.88 Å². The van der Waals surface area contributed by atoms with E-state index in [0.717, 1.165) is 31.0 Å². The molecule has 1 aromatic rings. The number of aromatic nitrogens is 1. The fourth-order valence-corrected chi connectivity index (χ4v) is 2.79. The lowest BCUT2D eigenvalue weighted by Gasteiger charge is -2.32. The minimum absolute atomic E-state index is 0.728. The summed E-state index contributed by atoms with van der Waals surface area (Å²) in [6.07, 6.45) is 8.49. The fourth-order valence-electron chi connectivity index (χ4n) is 2.79. The van der Waals surface area contributed by atoms with Crippen molar-refractivity contribution < 1.29 is 0 Å². The molecule has 2 rings (SSSR count). The molecule has 0 radical (unpaired) electrons. The van der Waals surface area contributed by atoms with Crippen LogP contribution in [-0.2, 0) is 13.1 Å². The number of aryl methyl sites for hydroxylation is 1. The Morgan fingerprint density at radius 3 is 2.76 bits per heavy atom. The van der Waals surface area contributed by atoms with Crippen LogP contribution in [0.25, 0.3) is 0 Å². The molecule has 2 nitrogen and oxygen atoms in total. The number of nitrogens with one attached hydrogen (secondary N) is 1. The molecule has 3 atom stereocenters. The van der Waals surface area contributed by atoms with Crippen molar-refractivity contribution >= 4 is 0 Å². The Balaban J connectivity index is 1.78. The van der Waals surface area contributed by atoms with Gasteiger partial charge >= 0.3 is 0 Å². The minimum atomic E-state index is 0.728. The summed E-state index contributed by atoms with van der Waals surface area (Å²) in [5.41, 5.74) is 1.41. The lowest BCUT2D eigenvalue weighted by molar-refractivity contribution is 0.225. The maximum Gasteiger partial charge on any atom is 0.0223 e. The second-order valence-corrected chi connectivity index (χ2v) is 5.70. The third kappa shape index (κ3) is 3.35. The molecule has 1 aliphatic rings. The van der Waals surface area contributed by atoms with Gasteiger partial charge in [-0.15, -0.1) is 0 Å². The van der Waals surface area contributed by atoms with E-state index >= 15 is 0 Å². The maximum atomic E-state index is 3.71. The topological polar surface area (TPSA) is 17.0 Å². The summed E-state index contributed by atoms with van der Waals surface area (Å²) in [5, 5.41) is 3.71. The molecule has 96 valence electrons. The lowest BCUT2D eigenvalue weighted by atomic mass is 9.79. The van der Waals surface area contributed by atoms with E-state index in [1.165, 1.54) is 24.8 Å². The molecule has 0 saturated heterocycles. The average molecular weight is 234 g/mol. The third-order valence-corrected chi connectivity index (χ3v) is 4.37. The monoisotopic (exact) mass is 234 g/mol. The van der Waals surface area contributed by atoms with Crippen LogP contribution in [0, 0.1) is 11.8 Å². The molecule has 0 aliphatic heterocycles. The summed E-state index contributed by atoms with van der Waals surface area (Å²) in [5.74, 6) is 1.79. The van der Waals surface area contributed by atoms with Crippen LogP contribution in [-0.4, -0.2) is 10.6 Å². The Morgan fingerprint density at radius 2 is 2.12 bits per heavy atom. The summed E-state index contributed by atoms with van der Waals surface area (Å²) in [6, 6.07) is 2.96. The molecule has 17 heavy (non-hydrogen) atoms. The van der Waals surface area contributed by atoms with Crippen molar-refractivity contribution in [3.8, 4) is 0 Å². The quantitative estimate of drug-likeness (QED) is 0.844. The number of hydrogen-bond donors (Lipinski definition) is 1. The molecule has 1 heterocycles. The smallest absolute Gasteiger partial charge is 0.0223 e. The molecule has 0 aromatic carbocycles. The van der Waals surface area contributed by atoms with Gasteiger partial charge in [0.05, 0.1) is 0 Å². The SMILES string of the molecule is CCn1ccc(CNC2CCC(C)C(C)C2)c1. The zero-order chi connectivity index (χ0) is 12.3. The van der Waals surface area contributed by atoms with Crippen LogP contribution in [0.4, 0.5) is 0 Å². The van der Waals surface area contributed by atoms with Crippen molar-refractivity contribution in [2.75, 3.05) is 0 Å². The van der Waals surface area contributed by atoms with E-state index in [9.17, 15) is 0 Å². The largest absolute Gasteiger partial charge is 0.354 e. The fraction of sp³-hybridized carbons (Fsp3) is 0.733. The molecular weight excluding hydrogens is 208 g/mol. The molecule has 3 unspecified atom stereocenters. The first-order valence-corrected chi connectivity index (χ1v) is 7.07. The van der Waals surface area contributed by atoms with Gasteiger partial charge in [-0.2, -0.15) is 0 Å². The molecule has 1 aliphatic carbocycles. The molecule has 1 N–H and O–H groups in total. The predicted molar refractivity (Wildman–Crippen MR) is 72.9 cm³/mol. The molecule has 1 aromatic heterocycles. The van der Waals surface area contributed by atoms with E-state index in [0.29, 0.717) is 0 Å². The molecule has 1 saturated carbocycles. The second-order valence-electron chi connectivity index (χ2n) is 5.70. The maximum absolute atomic E-state index is 3.71. The number of hydrogen-bond acceptors (Lipinski definition) is 1. The van der Waals surface area contributed by atoms with Gasteiger partial charge in [0, 0.05) is 31.5 Å². The van der Waals surface area contributed by atoms with Gasteiger partial charge in [-0.1, -0.05) is 13.8 Å². The van der Waals surface area contributed by atoms with E-state index in [2.05, 4.69) is 49.1 Å². The first-order chi connectivity index (χ1) is 8.19. The van der Waals surface area contributed by atoms with Crippen LogP contribution in [0.15, 0.2) is 18.5 Å².